The van der Waals surface area contributed by atoms with Gasteiger partial charge in [-0.1, -0.05) is 6.07 Å². The van der Waals surface area contributed by atoms with Gasteiger partial charge in [-0.3, -0.25) is 9.78 Å². The van der Waals surface area contributed by atoms with Crippen LogP contribution in [0, 0.1) is 12.3 Å². The highest BCUT2D eigenvalue weighted by atomic mass is 16.5. The Morgan fingerprint density at radius 3 is 3.00 bits per heavy atom. The van der Waals surface area contributed by atoms with Gasteiger partial charge in [-0.2, -0.15) is 0 Å². The molecule has 3 N–H and O–H groups in total. The first-order valence-corrected chi connectivity index (χ1v) is 7.01. The van der Waals surface area contributed by atoms with E-state index in [1.807, 2.05) is 38.1 Å². The van der Waals surface area contributed by atoms with Crippen LogP contribution >= 0.6 is 0 Å². The number of ether oxygens (including phenoxy) is 1. The second kappa shape index (κ2) is 5.09. The highest BCUT2D eigenvalue weighted by molar-refractivity contribution is 6.04. The highest BCUT2D eigenvalue weighted by Crippen LogP contribution is 2.31. The van der Waals surface area contributed by atoms with Crippen molar-refractivity contribution in [3.63, 3.8) is 0 Å². The number of hydrogen-bond donors (Lipinski definition) is 2. The Morgan fingerprint density at radius 2 is 2.29 bits per heavy atom. The van der Waals surface area contributed by atoms with E-state index in [9.17, 15) is 4.79 Å². The first-order valence-electron chi connectivity index (χ1n) is 7.01. The lowest BCUT2D eigenvalue weighted by Crippen LogP contribution is -2.47. The number of aromatic nitrogens is 1. The minimum Gasteiger partial charge on any atom is -0.379 e. The van der Waals surface area contributed by atoms with Crippen molar-refractivity contribution in [2.24, 2.45) is 11.1 Å². The van der Waals surface area contributed by atoms with Crippen molar-refractivity contribution in [2.75, 3.05) is 18.5 Å². The molecular formula is C16H19N3O2. The van der Waals surface area contributed by atoms with Crippen LogP contribution in [0.5, 0.6) is 0 Å². The number of nitrogens with zero attached hydrogens (tertiary/aromatic N) is 1. The van der Waals surface area contributed by atoms with E-state index in [4.69, 9.17) is 10.5 Å². The second-order valence-electron chi connectivity index (χ2n) is 5.82. The number of fused-ring (bicyclic) bond motifs is 1. The van der Waals surface area contributed by atoms with Gasteiger partial charge in [-0.25, -0.2) is 0 Å². The molecule has 3 rings (SSSR count). The molecule has 2 aromatic rings. The lowest BCUT2D eigenvalue weighted by Gasteiger charge is -2.25. The predicted octanol–water partition coefficient (Wildman–Crippen LogP) is 1.85. The number of nitrogens with one attached hydrogen (secondary N) is 1. The Kier molecular flexibility index (Phi) is 3.39. The van der Waals surface area contributed by atoms with Crippen LogP contribution in [0.3, 0.4) is 0 Å². The standard InChI is InChI=1S/C16H19N3O2/c1-10-5-6-12(11-4-3-7-18-14(10)11)19-15(20)16(2)9-21-8-13(16)17/h3-7,13H,8-9,17H2,1-2H3,(H,19,20). The zero-order valence-electron chi connectivity index (χ0n) is 12.2. The van der Waals surface area contributed by atoms with Crippen LogP contribution in [-0.4, -0.2) is 30.1 Å². The van der Waals surface area contributed by atoms with E-state index < -0.39 is 5.41 Å². The SMILES string of the molecule is Cc1ccc(NC(=O)C2(C)COCC2N)c2cccnc12. The summed E-state index contributed by atoms with van der Waals surface area (Å²) in [4.78, 5) is 17.0. The Balaban J connectivity index is 1.96. The fourth-order valence-electron chi connectivity index (χ4n) is 2.61. The molecule has 2 heterocycles. The summed E-state index contributed by atoms with van der Waals surface area (Å²) < 4.78 is 5.34. The molecule has 0 spiro atoms. The van der Waals surface area contributed by atoms with Gasteiger partial charge in [0.2, 0.25) is 5.91 Å². The van der Waals surface area contributed by atoms with Crippen molar-refractivity contribution < 1.29 is 9.53 Å². The van der Waals surface area contributed by atoms with Gasteiger partial charge in [-0.05, 0) is 37.6 Å². The number of anilines is 1. The number of amides is 1. The van der Waals surface area contributed by atoms with E-state index in [-0.39, 0.29) is 11.9 Å². The van der Waals surface area contributed by atoms with Crippen LogP contribution in [0.4, 0.5) is 5.69 Å². The molecule has 110 valence electrons. The molecular weight excluding hydrogens is 266 g/mol. The monoisotopic (exact) mass is 285 g/mol. The zero-order chi connectivity index (χ0) is 15.0. The summed E-state index contributed by atoms with van der Waals surface area (Å²) in [5.41, 5.74) is 8.04. The van der Waals surface area contributed by atoms with E-state index in [1.165, 1.54) is 0 Å². The summed E-state index contributed by atoms with van der Waals surface area (Å²) in [6.45, 7) is 4.61. The Labute approximate surface area is 123 Å². The normalized spacial score (nSPS) is 25.2. The minimum absolute atomic E-state index is 0.110. The second-order valence-corrected chi connectivity index (χ2v) is 5.82. The number of carbonyl (C=O) groups excluding carboxylic acids is 1. The van der Waals surface area contributed by atoms with Crippen LogP contribution in [0.2, 0.25) is 0 Å². The van der Waals surface area contributed by atoms with Gasteiger partial charge in [0.1, 0.15) is 0 Å². The van der Waals surface area contributed by atoms with Crippen LogP contribution < -0.4 is 11.1 Å². The van der Waals surface area contributed by atoms with Crippen LogP contribution in [0.15, 0.2) is 30.5 Å². The molecule has 0 saturated carbocycles. The Bertz CT molecular complexity index is 701. The largest absolute Gasteiger partial charge is 0.379 e. The van der Waals surface area contributed by atoms with Gasteiger partial charge in [0, 0.05) is 17.6 Å². The molecule has 1 saturated heterocycles. The topological polar surface area (TPSA) is 77.2 Å². The van der Waals surface area contributed by atoms with E-state index in [1.54, 1.807) is 6.20 Å². The first-order chi connectivity index (χ1) is 10.0. The van der Waals surface area contributed by atoms with Crippen LogP contribution in [0.1, 0.15) is 12.5 Å². The van der Waals surface area contributed by atoms with Gasteiger partial charge >= 0.3 is 0 Å². The molecule has 0 bridgehead atoms. The average Bonchev–Trinajstić information content (AvgIpc) is 2.83. The van der Waals surface area contributed by atoms with E-state index in [0.29, 0.717) is 13.2 Å². The summed E-state index contributed by atoms with van der Waals surface area (Å²) >= 11 is 0. The Hall–Kier alpha value is -1.98. The minimum atomic E-state index is -0.695. The van der Waals surface area contributed by atoms with Gasteiger partial charge in [0.15, 0.2) is 0 Å². The number of pyridine rings is 1. The third-order valence-electron chi connectivity index (χ3n) is 4.26. The van der Waals surface area contributed by atoms with Crippen molar-refractivity contribution in [3.05, 3.63) is 36.0 Å². The van der Waals surface area contributed by atoms with Crippen molar-refractivity contribution in [2.45, 2.75) is 19.9 Å². The van der Waals surface area contributed by atoms with Crippen molar-refractivity contribution in [1.82, 2.24) is 4.98 Å². The molecule has 1 amide bonds. The number of rotatable bonds is 2. The molecule has 1 aliphatic heterocycles. The van der Waals surface area contributed by atoms with Gasteiger partial charge in [-0.15, -0.1) is 0 Å². The van der Waals surface area contributed by atoms with Gasteiger partial charge < -0.3 is 15.8 Å². The molecule has 1 aromatic heterocycles. The van der Waals surface area contributed by atoms with Crippen molar-refractivity contribution >= 4 is 22.5 Å². The Morgan fingerprint density at radius 1 is 1.48 bits per heavy atom. The molecule has 5 nitrogen and oxygen atoms in total. The molecule has 1 fully saturated rings. The third-order valence-corrected chi connectivity index (χ3v) is 4.26. The first kappa shape index (κ1) is 14.0. The zero-order valence-corrected chi connectivity index (χ0v) is 12.2. The summed E-state index contributed by atoms with van der Waals surface area (Å²) in [7, 11) is 0. The highest BCUT2D eigenvalue weighted by Gasteiger charge is 2.44. The summed E-state index contributed by atoms with van der Waals surface area (Å²) in [5.74, 6) is -0.110. The quantitative estimate of drug-likeness (QED) is 0.882. The third kappa shape index (κ3) is 2.28. The number of hydrogen-bond acceptors (Lipinski definition) is 4. The lowest BCUT2D eigenvalue weighted by atomic mass is 9.84. The summed E-state index contributed by atoms with van der Waals surface area (Å²) in [5, 5.41) is 3.92. The number of aryl methyl sites for hydroxylation is 1. The lowest BCUT2D eigenvalue weighted by molar-refractivity contribution is -0.125. The van der Waals surface area contributed by atoms with Gasteiger partial charge in [0.25, 0.3) is 0 Å². The van der Waals surface area contributed by atoms with Gasteiger partial charge in [0.05, 0.1) is 29.8 Å². The van der Waals surface area contributed by atoms with E-state index in [0.717, 1.165) is 22.2 Å². The van der Waals surface area contributed by atoms with Crippen LogP contribution in [0.25, 0.3) is 10.9 Å². The molecule has 1 aliphatic rings. The van der Waals surface area contributed by atoms with Crippen molar-refractivity contribution in [3.8, 4) is 0 Å². The molecule has 0 radical (unpaired) electrons. The van der Waals surface area contributed by atoms with Crippen LogP contribution in [-0.2, 0) is 9.53 Å². The summed E-state index contributed by atoms with van der Waals surface area (Å²) in [6.07, 6.45) is 1.75. The molecule has 21 heavy (non-hydrogen) atoms. The van der Waals surface area contributed by atoms with E-state index >= 15 is 0 Å². The average molecular weight is 285 g/mol. The molecule has 2 atom stereocenters. The fraction of sp³-hybridized carbons (Fsp3) is 0.375. The maximum atomic E-state index is 12.6. The number of benzene rings is 1. The molecule has 2 unspecified atom stereocenters. The van der Waals surface area contributed by atoms with Crippen molar-refractivity contribution in [1.29, 1.82) is 0 Å². The maximum absolute atomic E-state index is 12.6. The fourth-order valence-corrected chi connectivity index (χ4v) is 2.61. The smallest absolute Gasteiger partial charge is 0.234 e. The predicted molar refractivity (Wildman–Crippen MR) is 82.0 cm³/mol. The number of nitrogens with two attached hydrogens (primary N) is 1. The van der Waals surface area contributed by atoms with E-state index in [2.05, 4.69) is 10.3 Å². The molecule has 5 heteroatoms. The molecule has 1 aromatic carbocycles. The number of carbonyl (C=O) groups is 1. The summed E-state index contributed by atoms with van der Waals surface area (Å²) in [6, 6.07) is 7.40. The maximum Gasteiger partial charge on any atom is 0.234 e. The molecule has 0 aliphatic carbocycles.